The minimum atomic E-state index is 0.170. The molecule has 1 aliphatic heterocycles. The molecule has 2 unspecified atom stereocenters. The number of hydrogen-bond acceptors (Lipinski definition) is 5. The standard InChI is InChI=1S/C10H15ClN4O/c1-6-5-16-7(2)4-15(6)9-8(11)3-13-10(12)14-9/h3,6-7H,4-5H2,1-2H3,(H2,12,13,14). The Balaban J connectivity index is 2.30. The quantitative estimate of drug-likeness (QED) is 0.805. The minimum absolute atomic E-state index is 0.170. The van der Waals surface area contributed by atoms with Crippen LogP contribution in [0.4, 0.5) is 11.8 Å². The van der Waals surface area contributed by atoms with Crippen molar-refractivity contribution in [2.24, 2.45) is 0 Å². The molecule has 0 bridgehead atoms. The van der Waals surface area contributed by atoms with E-state index >= 15 is 0 Å². The van der Waals surface area contributed by atoms with Crippen molar-refractivity contribution in [2.45, 2.75) is 26.0 Å². The average molecular weight is 243 g/mol. The Morgan fingerprint density at radius 2 is 2.31 bits per heavy atom. The van der Waals surface area contributed by atoms with Gasteiger partial charge in [-0.15, -0.1) is 0 Å². The Hall–Kier alpha value is -1.07. The van der Waals surface area contributed by atoms with E-state index in [9.17, 15) is 0 Å². The second kappa shape index (κ2) is 4.43. The summed E-state index contributed by atoms with van der Waals surface area (Å²) in [5.74, 6) is 0.933. The molecule has 2 rings (SSSR count). The zero-order valence-electron chi connectivity index (χ0n) is 9.35. The summed E-state index contributed by atoms with van der Waals surface area (Å²) >= 11 is 6.08. The number of nitrogens with two attached hydrogens (primary N) is 1. The lowest BCUT2D eigenvalue weighted by molar-refractivity contribution is 0.0340. The minimum Gasteiger partial charge on any atom is -0.375 e. The highest BCUT2D eigenvalue weighted by Crippen LogP contribution is 2.27. The number of rotatable bonds is 1. The summed E-state index contributed by atoms with van der Waals surface area (Å²) in [7, 11) is 0. The van der Waals surface area contributed by atoms with Crippen LogP contribution in [0.3, 0.4) is 0 Å². The van der Waals surface area contributed by atoms with Gasteiger partial charge in [0, 0.05) is 6.54 Å². The molecule has 0 aliphatic carbocycles. The van der Waals surface area contributed by atoms with Gasteiger partial charge in [0.15, 0.2) is 5.82 Å². The SMILES string of the molecule is CC1CN(c2nc(N)ncc2Cl)C(C)CO1. The Morgan fingerprint density at radius 1 is 1.56 bits per heavy atom. The summed E-state index contributed by atoms with van der Waals surface area (Å²) in [6.45, 7) is 5.52. The highest BCUT2D eigenvalue weighted by Gasteiger charge is 2.26. The average Bonchev–Trinajstić information content (AvgIpc) is 2.25. The summed E-state index contributed by atoms with van der Waals surface area (Å²) in [5, 5.41) is 0.523. The van der Waals surface area contributed by atoms with Crippen molar-refractivity contribution >= 4 is 23.4 Å². The van der Waals surface area contributed by atoms with Crippen molar-refractivity contribution < 1.29 is 4.74 Å². The van der Waals surface area contributed by atoms with Crippen LogP contribution in [-0.4, -0.2) is 35.3 Å². The summed E-state index contributed by atoms with van der Waals surface area (Å²) in [5.41, 5.74) is 5.58. The molecule has 88 valence electrons. The second-order valence-corrected chi connectivity index (χ2v) is 4.45. The highest BCUT2D eigenvalue weighted by atomic mass is 35.5. The number of ether oxygens (including phenoxy) is 1. The topological polar surface area (TPSA) is 64.3 Å². The van der Waals surface area contributed by atoms with Crippen LogP contribution in [0.5, 0.6) is 0 Å². The molecule has 2 heterocycles. The van der Waals surface area contributed by atoms with Crippen LogP contribution in [-0.2, 0) is 4.74 Å². The fourth-order valence-corrected chi connectivity index (χ4v) is 1.97. The first-order chi connectivity index (χ1) is 7.58. The molecule has 1 aromatic rings. The van der Waals surface area contributed by atoms with Crippen LogP contribution in [0.25, 0.3) is 0 Å². The zero-order chi connectivity index (χ0) is 11.7. The van der Waals surface area contributed by atoms with Crippen molar-refractivity contribution in [3.8, 4) is 0 Å². The van der Waals surface area contributed by atoms with Gasteiger partial charge in [-0.2, -0.15) is 4.98 Å². The molecule has 6 heteroatoms. The van der Waals surface area contributed by atoms with Crippen molar-refractivity contribution in [1.29, 1.82) is 0 Å². The van der Waals surface area contributed by atoms with Crippen LogP contribution in [0.2, 0.25) is 5.02 Å². The van der Waals surface area contributed by atoms with Gasteiger partial charge in [0.25, 0.3) is 0 Å². The lowest BCUT2D eigenvalue weighted by Gasteiger charge is -2.37. The molecule has 0 radical (unpaired) electrons. The molecule has 2 N–H and O–H groups in total. The lowest BCUT2D eigenvalue weighted by atomic mass is 10.2. The maximum absolute atomic E-state index is 6.08. The molecule has 1 aromatic heterocycles. The van der Waals surface area contributed by atoms with E-state index < -0.39 is 0 Å². The molecular weight excluding hydrogens is 228 g/mol. The summed E-state index contributed by atoms with van der Waals surface area (Å²) < 4.78 is 5.55. The second-order valence-electron chi connectivity index (χ2n) is 4.05. The molecule has 1 aliphatic rings. The fourth-order valence-electron chi connectivity index (χ4n) is 1.77. The third kappa shape index (κ3) is 2.20. The molecule has 5 nitrogen and oxygen atoms in total. The van der Waals surface area contributed by atoms with Crippen LogP contribution in [0.1, 0.15) is 13.8 Å². The van der Waals surface area contributed by atoms with Gasteiger partial charge in [-0.1, -0.05) is 11.6 Å². The molecule has 1 fully saturated rings. The Labute approximate surface area is 99.6 Å². The number of morpholine rings is 1. The first-order valence-corrected chi connectivity index (χ1v) is 5.62. The number of hydrogen-bond donors (Lipinski definition) is 1. The third-order valence-electron chi connectivity index (χ3n) is 2.62. The van der Waals surface area contributed by atoms with Gasteiger partial charge in [-0.05, 0) is 13.8 Å². The summed E-state index contributed by atoms with van der Waals surface area (Å²) in [6.07, 6.45) is 1.70. The van der Waals surface area contributed by atoms with Crippen molar-refractivity contribution in [2.75, 3.05) is 23.8 Å². The van der Waals surface area contributed by atoms with E-state index in [1.807, 2.05) is 6.92 Å². The molecule has 0 saturated carbocycles. The fraction of sp³-hybridized carbons (Fsp3) is 0.600. The van der Waals surface area contributed by atoms with Gasteiger partial charge in [0.05, 0.1) is 24.9 Å². The van der Waals surface area contributed by atoms with E-state index in [4.69, 9.17) is 22.1 Å². The first kappa shape index (κ1) is 11.4. The van der Waals surface area contributed by atoms with E-state index in [-0.39, 0.29) is 18.1 Å². The van der Waals surface area contributed by atoms with Crippen molar-refractivity contribution in [3.05, 3.63) is 11.2 Å². The van der Waals surface area contributed by atoms with E-state index in [0.717, 1.165) is 6.54 Å². The number of halogens is 1. The van der Waals surface area contributed by atoms with E-state index in [1.54, 1.807) is 0 Å². The Morgan fingerprint density at radius 3 is 3.06 bits per heavy atom. The van der Waals surface area contributed by atoms with Gasteiger partial charge in [0.2, 0.25) is 5.95 Å². The maximum Gasteiger partial charge on any atom is 0.222 e. The highest BCUT2D eigenvalue weighted by molar-refractivity contribution is 6.32. The number of anilines is 2. The molecule has 0 amide bonds. The molecule has 0 aromatic carbocycles. The largest absolute Gasteiger partial charge is 0.375 e. The van der Waals surface area contributed by atoms with Gasteiger partial charge < -0.3 is 15.4 Å². The summed E-state index contributed by atoms with van der Waals surface area (Å²) in [4.78, 5) is 10.1. The maximum atomic E-state index is 6.08. The van der Waals surface area contributed by atoms with Gasteiger partial charge in [0.1, 0.15) is 5.02 Å². The third-order valence-corrected chi connectivity index (χ3v) is 2.89. The first-order valence-electron chi connectivity index (χ1n) is 5.24. The smallest absolute Gasteiger partial charge is 0.222 e. The Kier molecular flexibility index (Phi) is 3.16. The predicted octanol–water partition coefficient (Wildman–Crippen LogP) is 1.33. The van der Waals surface area contributed by atoms with Gasteiger partial charge in [-0.3, -0.25) is 0 Å². The zero-order valence-corrected chi connectivity index (χ0v) is 10.1. The predicted molar refractivity (Wildman–Crippen MR) is 63.7 cm³/mol. The van der Waals surface area contributed by atoms with E-state index in [0.29, 0.717) is 17.4 Å². The molecule has 2 atom stereocenters. The van der Waals surface area contributed by atoms with E-state index in [2.05, 4.69) is 21.8 Å². The monoisotopic (exact) mass is 242 g/mol. The lowest BCUT2D eigenvalue weighted by Crippen LogP contribution is -2.48. The van der Waals surface area contributed by atoms with Gasteiger partial charge in [-0.25, -0.2) is 4.98 Å². The van der Waals surface area contributed by atoms with Crippen LogP contribution < -0.4 is 10.6 Å². The van der Waals surface area contributed by atoms with E-state index in [1.165, 1.54) is 6.20 Å². The number of aromatic nitrogens is 2. The van der Waals surface area contributed by atoms with Crippen LogP contribution >= 0.6 is 11.6 Å². The van der Waals surface area contributed by atoms with Crippen LogP contribution in [0, 0.1) is 0 Å². The van der Waals surface area contributed by atoms with Crippen LogP contribution in [0.15, 0.2) is 6.20 Å². The molecule has 0 spiro atoms. The van der Waals surface area contributed by atoms with Crippen molar-refractivity contribution in [1.82, 2.24) is 9.97 Å². The summed E-state index contributed by atoms with van der Waals surface area (Å²) in [6, 6.07) is 0.239. The number of nitrogen functional groups attached to an aromatic ring is 1. The van der Waals surface area contributed by atoms with Gasteiger partial charge >= 0.3 is 0 Å². The normalized spacial score (nSPS) is 25.8. The molecule has 16 heavy (non-hydrogen) atoms. The molecular formula is C10H15ClN4O. The Bertz CT molecular complexity index is 387. The van der Waals surface area contributed by atoms with Crippen molar-refractivity contribution in [3.63, 3.8) is 0 Å². The number of nitrogens with zero attached hydrogens (tertiary/aromatic N) is 3. The molecule has 1 saturated heterocycles.